The highest BCUT2D eigenvalue weighted by Gasteiger charge is 2.66. The number of hydrogen-bond acceptors (Lipinski definition) is 5. The number of allylic oxidation sites excluding steroid dienone is 2. The number of nitriles is 1. The van der Waals surface area contributed by atoms with Gasteiger partial charge in [-0.1, -0.05) is 40.2 Å². The second kappa shape index (κ2) is 7.77. The smallest absolute Gasteiger partial charge is 0.312 e. The van der Waals surface area contributed by atoms with Gasteiger partial charge < -0.3 is 4.74 Å². The maximum atomic E-state index is 14.1. The molecular formula is C30H41NO4. The molecule has 4 saturated carbocycles. The fourth-order valence-electron chi connectivity index (χ4n) is 9.89. The van der Waals surface area contributed by atoms with E-state index in [1.54, 1.807) is 0 Å². The van der Waals surface area contributed by atoms with Crippen molar-refractivity contribution in [2.75, 3.05) is 7.11 Å². The van der Waals surface area contributed by atoms with Crippen molar-refractivity contribution in [3.8, 4) is 6.07 Å². The summed E-state index contributed by atoms with van der Waals surface area (Å²) in [6, 6.07) is 2.27. The number of rotatable bonds is 1. The molecular weight excluding hydrogens is 438 g/mol. The van der Waals surface area contributed by atoms with E-state index in [4.69, 9.17) is 4.74 Å². The van der Waals surface area contributed by atoms with Crippen LogP contribution in [0.4, 0.5) is 0 Å². The van der Waals surface area contributed by atoms with E-state index in [0.717, 1.165) is 44.9 Å². The van der Waals surface area contributed by atoms with E-state index in [9.17, 15) is 19.6 Å². The Morgan fingerprint density at radius 1 is 0.971 bits per heavy atom. The van der Waals surface area contributed by atoms with Gasteiger partial charge in [0.1, 0.15) is 5.92 Å². The minimum atomic E-state index is -0.597. The number of esters is 1. The Labute approximate surface area is 210 Å². The van der Waals surface area contributed by atoms with E-state index >= 15 is 0 Å². The van der Waals surface area contributed by atoms with Crippen LogP contribution >= 0.6 is 0 Å². The summed E-state index contributed by atoms with van der Waals surface area (Å²) < 4.78 is 5.37. The maximum Gasteiger partial charge on any atom is 0.312 e. The monoisotopic (exact) mass is 479 g/mol. The van der Waals surface area contributed by atoms with Crippen molar-refractivity contribution in [1.82, 2.24) is 0 Å². The summed E-state index contributed by atoms with van der Waals surface area (Å²) in [7, 11) is 1.49. The molecule has 0 bridgehead atoms. The summed E-state index contributed by atoms with van der Waals surface area (Å²) in [6.45, 7) is 11.1. The van der Waals surface area contributed by atoms with Crippen LogP contribution in [-0.2, 0) is 19.1 Å². The Hall–Kier alpha value is -1.96. The Kier molecular flexibility index (Phi) is 5.49. The number of carbonyl (C=O) groups is 3. The number of ketones is 2. The van der Waals surface area contributed by atoms with Gasteiger partial charge in [0, 0.05) is 11.8 Å². The van der Waals surface area contributed by atoms with Gasteiger partial charge in [0.25, 0.3) is 0 Å². The minimum Gasteiger partial charge on any atom is -0.469 e. The second-order valence-corrected chi connectivity index (χ2v) is 13.8. The van der Waals surface area contributed by atoms with Crippen molar-refractivity contribution in [2.24, 2.45) is 57.2 Å². The predicted molar refractivity (Wildman–Crippen MR) is 132 cm³/mol. The molecule has 0 amide bonds. The Balaban J connectivity index is 1.61. The fourth-order valence-corrected chi connectivity index (χ4v) is 9.89. The molecule has 0 saturated heterocycles. The van der Waals surface area contributed by atoms with Crippen LogP contribution < -0.4 is 0 Å². The number of ether oxygens (including phenoxy) is 1. The minimum absolute atomic E-state index is 0.00354. The zero-order valence-corrected chi connectivity index (χ0v) is 22.3. The Morgan fingerprint density at radius 3 is 2.31 bits per heavy atom. The lowest BCUT2D eigenvalue weighted by molar-refractivity contribution is -0.178. The van der Waals surface area contributed by atoms with Crippen molar-refractivity contribution in [2.45, 2.75) is 86.0 Å². The lowest BCUT2D eigenvalue weighted by Crippen LogP contribution is -2.61. The third kappa shape index (κ3) is 3.20. The zero-order chi connectivity index (χ0) is 25.6. The van der Waals surface area contributed by atoms with Crippen LogP contribution in [0.5, 0.6) is 0 Å². The van der Waals surface area contributed by atoms with Gasteiger partial charge in [-0.2, -0.15) is 5.26 Å². The van der Waals surface area contributed by atoms with Crippen molar-refractivity contribution in [3.05, 3.63) is 11.6 Å². The first-order valence-electron chi connectivity index (χ1n) is 13.6. The lowest BCUT2D eigenvalue weighted by atomic mass is 9.38. The normalized spacial score (nSPS) is 48.3. The summed E-state index contributed by atoms with van der Waals surface area (Å²) in [4.78, 5) is 40.2. The van der Waals surface area contributed by atoms with Crippen molar-refractivity contribution in [1.29, 1.82) is 5.26 Å². The van der Waals surface area contributed by atoms with Gasteiger partial charge in [-0.05, 0) is 91.4 Å². The summed E-state index contributed by atoms with van der Waals surface area (Å²) in [5, 5.41) is 9.76. The van der Waals surface area contributed by atoms with Crippen LogP contribution in [0, 0.1) is 68.5 Å². The molecule has 5 aliphatic rings. The molecule has 0 aliphatic heterocycles. The molecule has 0 heterocycles. The van der Waals surface area contributed by atoms with Gasteiger partial charge in [-0.3, -0.25) is 14.4 Å². The molecule has 0 spiro atoms. The number of Topliss-reactive ketones (excluding diaryl/α,β-unsaturated/α-hetero) is 1. The summed E-state index contributed by atoms with van der Waals surface area (Å²) >= 11 is 0. The third-order valence-corrected chi connectivity index (χ3v) is 11.7. The molecule has 35 heavy (non-hydrogen) atoms. The molecule has 9 unspecified atom stereocenters. The highest BCUT2D eigenvalue weighted by Crippen LogP contribution is 2.70. The average Bonchev–Trinajstić information content (AvgIpc) is 2.81. The first-order chi connectivity index (χ1) is 16.3. The molecule has 5 heteroatoms. The third-order valence-electron chi connectivity index (χ3n) is 11.7. The molecule has 0 aromatic carbocycles. The van der Waals surface area contributed by atoms with E-state index in [1.165, 1.54) is 12.7 Å². The average molecular weight is 480 g/mol. The molecule has 0 N–H and O–H groups in total. The fraction of sp³-hybridized carbons (Fsp3) is 0.800. The lowest BCUT2D eigenvalue weighted by Gasteiger charge is -2.64. The van der Waals surface area contributed by atoms with Gasteiger partial charge in [-0.25, -0.2) is 0 Å². The molecule has 9 atom stereocenters. The standard InChI is InChI=1S/C30H41NO4/c1-17-19-7-9-28(4)20-8-10-30(26(34)35-6)12-11-27(2,3)15-21(30)24(20)22(32)13-23(28)29(19,5)14-18(16-31)25(17)33/h13,17-21,24H,7-12,14-15H2,1-6H3. The van der Waals surface area contributed by atoms with Gasteiger partial charge in [0.2, 0.25) is 0 Å². The number of nitrogens with zero attached hydrogens (tertiary/aromatic N) is 1. The van der Waals surface area contributed by atoms with Crippen molar-refractivity contribution >= 4 is 17.5 Å². The number of fused-ring (bicyclic) bond motifs is 7. The molecule has 5 rings (SSSR count). The van der Waals surface area contributed by atoms with Gasteiger partial charge in [0.15, 0.2) is 11.6 Å². The van der Waals surface area contributed by atoms with E-state index in [1.807, 2.05) is 13.0 Å². The van der Waals surface area contributed by atoms with Gasteiger partial charge in [-0.15, -0.1) is 0 Å². The van der Waals surface area contributed by atoms with E-state index < -0.39 is 11.3 Å². The maximum absolute atomic E-state index is 14.1. The Bertz CT molecular complexity index is 1050. The molecule has 5 nitrogen and oxygen atoms in total. The quantitative estimate of drug-likeness (QED) is 0.452. The van der Waals surface area contributed by atoms with Crippen LogP contribution in [-0.4, -0.2) is 24.6 Å². The zero-order valence-electron chi connectivity index (χ0n) is 22.3. The molecule has 190 valence electrons. The van der Waals surface area contributed by atoms with E-state index in [0.29, 0.717) is 6.42 Å². The molecule has 0 aromatic heterocycles. The van der Waals surface area contributed by atoms with Gasteiger partial charge >= 0.3 is 5.97 Å². The first-order valence-corrected chi connectivity index (χ1v) is 13.6. The highest BCUT2D eigenvalue weighted by molar-refractivity contribution is 5.96. The van der Waals surface area contributed by atoms with Crippen molar-refractivity contribution < 1.29 is 19.1 Å². The van der Waals surface area contributed by atoms with Crippen LogP contribution in [0.15, 0.2) is 11.6 Å². The largest absolute Gasteiger partial charge is 0.469 e. The predicted octanol–water partition coefficient (Wildman–Crippen LogP) is 5.68. The van der Waals surface area contributed by atoms with Crippen LogP contribution in [0.25, 0.3) is 0 Å². The number of hydrogen-bond donors (Lipinski definition) is 0. The van der Waals surface area contributed by atoms with Crippen LogP contribution in [0.2, 0.25) is 0 Å². The molecule has 5 aliphatic carbocycles. The summed E-state index contributed by atoms with van der Waals surface area (Å²) in [5.41, 5.74) is 0.269. The van der Waals surface area contributed by atoms with E-state index in [-0.39, 0.29) is 63.4 Å². The number of methoxy groups -OCH3 is 1. The topological polar surface area (TPSA) is 84.2 Å². The Morgan fingerprint density at radius 2 is 1.66 bits per heavy atom. The first kappa shape index (κ1) is 24.7. The SMILES string of the molecule is COC(=O)C12CCC3C(C(=O)C=C4C5(C)CC(C#N)C(=O)C(C)C5CCC43C)C1CC(C)(C)CC2. The molecule has 0 radical (unpaired) electrons. The molecule has 0 aromatic rings. The van der Waals surface area contributed by atoms with Crippen molar-refractivity contribution in [3.63, 3.8) is 0 Å². The molecule has 4 fully saturated rings. The van der Waals surface area contributed by atoms with E-state index in [2.05, 4.69) is 33.8 Å². The summed E-state index contributed by atoms with van der Waals surface area (Å²) in [6.07, 6.45) is 8.64. The number of carbonyl (C=O) groups excluding carboxylic acids is 3. The van der Waals surface area contributed by atoms with Crippen LogP contribution in [0.3, 0.4) is 0 Å². The van der Waals surface area contributed by atoms with Crippen LogP contribution in [0.1, 0.15) is 86.0 Å². The second-order valence-electron chi connectivity index (χ2n) is 13.8. The van der Waals surface area contributed by atoms with Gasteiger partial charge in [0.05, 0.1) is 18.6 Å². The summed E-state index contributed by atoms with van der Waals surface area (Å²) in [5.74, 6) is -0.436. The highest BCUT2D eigenvalue weighted by atomic mass is 16.5.